The van der Waals surface area contributed by atoms with Crippen LogP contribution >= 0.6 is 11.6 Å². The lowest BCUT2D eigenvalue weighted by atomic mass is 10.0. The van der Waals surface area contributed by atoms with Crippen LogP contribution in [0.3, 0.4) is 0 Å². The molecule has 5 unspecified atom stereocenters. The lowest BCUT2D eigenvalue weighted by Gasteiger charge is -2.18. The van der Waals surface area contributed by atoms with E-state index in [1.54, 1.807) is 10.9 Å². The van der Waals surface area contributed by atoms with Gasteiger partial charge >= 0.3 is 0 Å². The number of hydrogen-bond donors (Lipinski definition) is 3. The first-order valence-electron chi connectivity index (χ1n) is 8.60. The molecule has 2 aliphatic rings. The normalized spacial score (nSPS) is 30.8. The summed E-state index contributed by atoms with van der Waals surface area (Å²) in [5.74, 6) is 0.898. The summed E-state index contributed by atoms with van der Waals surface area (Å²) in [4.78, 5) is 13.2. The Bertz CT molecular complexity index is 780. The van der Waals surface area contributed by atoms with E-state index in [4.69, 9.17) is 16.3 Å². The molecule has 1 aliphatic carbocycles. The Labute approximate surface area is 150 Å². The second kappa shape index (κ2) is 6.35. The molecule has 3 N–H and O–H groups in total. The van der Waals surface area contributed by atoms with Crippen LogP contribution in [0.1, 0.15) is 32.9 Å². The van der Waals surface area contributed by atoms with E-state index in [1.165, 1.54) is 12.8 Å². The van der Waals surface area contributed by atoms with Gasteiger partial charge in [-0.1, -0.05) is 18.5 Å². The number of aromatic nitrogens is 4. The number of fused-ring (bicyclic) bond motifs is 1. The Morgan fingerprint density at radius 2 is 2.20 bits per heavy atom. The van der Waals surface area contributed by atoms with Gasteiger partial charge in [-0.3, -0.25) is 4.57 Å². The fourth-order valence-corrected chi connectivity index (χ4v) is 3.62. The van der Waals surface area contributed by atoms with Crippen molar-refractivity contribution in [3.8, 4) is 0 Å². The molecule has 0 amide bonds. The summed E-state index contributed by atoms with van der Waals surface area (Å²) in [5, 5.41) is 23.1. The third kappa shape index (κ3) is 2.97. The highest BCUT2D eigenvalue weighted by Crippen LogP contribution is 2.37. The first kappa shape index (κ1) is 17.0. The van der Waals surface area contributed by atoms with E-state index in [9.17, 15) is 10.2 Å². The van der Waals surface area contributed by atoms with Gasteiger partial charge in [0.1, 0.15) is 17.8 Å². The number of ether oxygens (including phenoxy) is 1. The van der Waals surface area contributed by atoms with Crippen molar-refractivity contribution in [2.75, 3.05) is 11.9 Å². The molecule has 0 aromatic carbocycles. The van der Waals surface area contributed by atoms with E-state index in [2.05, 4.69) is 27.2 Å². The number of anilines is 1. The van der Waals surface area contributed by atoms with Crippen molar-refractivity contribution in [2.45, 2.75) is 51.2 Å². The summed E-state index contributed by atoms with van der Waals surface area (Å²) >= 11 is 6.28. The maximum atomic E-state index is 10.2. The molecule has 5 atom stereocenters. The summed E-state index contributed by atoms with van der Waals surface area (Å²) in [7, 11) is 0. The molecule has 136 valence electrons. The fraction of sp³-hybridized carbons (Fsp3) is 0.688. The minimum absolute atomic E-state index is 0.218. The number of aliphatic hydroxyl groups is 2. The van der Waals surface area contributed by atoms with Gasteiger partial charge in [0, 0.05) is 12.0 Å². The zero-order chi connectivity index (χ0) is 17.7. The largest absolute Gasteiger partial charge is 0.394 e. The predicted molar refractivity (Wildman–Crippen MR) is 92.3 cm³/mol. The average molecular weight is 368 g/mol. The number of nitrogens with one attached hydrogen (secondary N) is 1. The quantitative estimate of drug-likeness (QED) is 0.689. The molecule has 3 heterocycles. The molecule has 2 aromatic heterocycles. The molecule has 2 aromatic rings. The Morgan fingerprint density at radius 1 is 1.44 bits per heavy atom. The SMILES string of the molecule is CC(Nc1nc(Cl)c2ncn(C3OC(CO)C(O)C3C)c2n1)C1CC1. The second-order valence-corrected chi connectivity index (χ2v) is 7.39. The highest BCUT2D eigenvalue weighted by molar-refractivity contribution is 6.33. The molecule has 1 saturated heterocycles. The Balaban J connectivity index is 1.68. The van der Waals surface area contributed by atoms with Crippen molar-refractivity contribution >= 4 is 28.7 Å². The minimum Gasteiger partial charge on any atom is -0.394 e. The molecule has 8 nitrogen and oxygen atoms in total. The summed E-state index contributed by atoms with van der Waals surface area (Å²) in [6, 6.07) is 0.284. The number of aliphatic hydroxyl groups excluding tert-OH is 2. The van der Waals surface area contributed by atoms with E-state index in [1.807, 2.05) is 6.92 Å². The van der Waals surface area contributed by atoms with Crippen molar-refractivity contribution in [1.29, 1.82) is 0 Å². The molecule has 1 aliphatic heterocycles. The third-order valence-corrected chi connectivity index (χ3v) is 5.47. The van der Waals surface area contributed by atoms with E-state index < -0.39 is 18.4 Å². The van der Waals surface area contributed by atoms with Gasteiger partial charge in [-0.15, -0.1) is 0 Å². The zero-order valence-corrected chi connectivity index (χ0v) is 14.9. The molecular formula is C16H22ClN5O3. The van der Waals surface area contributed by atoms with Gasteiger partial charge in [0.2, 0.25) is 5.95 Å². The van der Waals surface area contributed by atoms with Gasteiger partial charge in [-0.2, -0.15) is 9.97 Å². The van der Waals surface area contributed by atoms with Gasteiger partial charge in [0.05, 0.1) is 19.0 Å². The van der Waals surface area contributed by atoms with Gasteiger partial charge in [0.15, 0.2) is 10.8 Å². The van der Waals surface area contributed by atoms with Gasteiger partial charge in [-0.05, 0) is 25.7 Å². The van der Waals surface area contributed by atoms with Gasteiger partial charge in [0.25, 0.3) is 0 Å². The van der Waals surface area contributed by atoms with Crippen molar-refractivity contribution in [3.63, 3.8) is 0 Å². The number of imidazole rings is 1. The molecule has 0 radical (unpaired) electrons. The molecule has 0 spiro atoms. The predicted octanol–water partition coefficient (Wildman–Crippen LogP) is 1.58. The number of nitrogens with zero attached hydrogens (tertiary/aromatic N) is 4. The molecule has 9 heteroatoms. The number of rotatable bonds is 5. The van der Waals surface area contributed by atoms with Gasteiger partial charge in [-0.25, -0.2) is 4.98 Å². The molecule has 0 bridgehead atoms. The van der Waals surface area contributed by atoms with Gasteiger partial charge < -0.3 is 20.3 Å². The Morgan fingerprint density at radius 3 is 2.84 bits per heavy atom. The Kier molecular flexibility index (Phi) is 4.31. The molecule has 2 fully saturated rings. The average Bonchev–Trinajstić information content (AvgIpc) is 3.30. The van der Waals surface area contributed by atoms with Crippen molar-refractivity contribution < 1.29 is 14.9 Å². The first-order valence-corrected chi connectivity index (χ1v) is 8.98. The van der Waals surface area contributed by atoms with Crippen molar-refractivity contribution in [1.82, 2.24) is 19.5 Å². The first-order chi connectivity index (χ1) is 12.0. The topological polar surface area (TPSA) is 105 Å². The van der Waals surface area contributed by atoms with Crippen LogP contribution in [-0.2, 0) is 4.74 Å². The van der Waals surface area contributed by atoms with Crippen molar-refractivity contribution in [2.24, 2.45) is 11.8 Å². The second-order valence-electron chi connectivity index (χ2n) is 7.03. The molecule has 4 rings (SSSR count). The van der Waals surface area contributed by atoms with Crippen LogP contribution < -0.4 is 5.32 Å². The van der Waals surface area contributed by atoms with Crippen LogP contribution in [0.4, 0.5) is 5.95 Å². The smallest absolute Gasteiger partial charge is 0.226 e. The maximum Gasteiger partial charge on any atom is 0.226 e. The van der Waals surface area contributed by atoms with Crippen LogP contribution in [0.25, 0.3) is 11.2 Å². The lowest BCUT2D eigenvalue weighted by molar-refractivity contribution is -0.0447. The standard InChI is InChI=1S/C16H22ClN5O3/c1-7-12(24)10(5-23)25-15(7)22-6-18-11-13(17)20-16(21-14(11)22)19-8(2)9-3-4-9/h6-10,12,15,23-24H,3-5H2,1-2H3,(H,19,20,21). The van der Waals surface area contributed by atoms with Crippen LogP contribution in [0, 0.1) is 11.8 Å². The fourth-order valence-electron chi connectivity index (χ4n) is 3.41. The van der Waals surface area contributed by atoms with E-state index in [0.29, 0.717) is 23.0 Å². The van der Waals surface area contributed by atoms with Crippen LogP contribution in [0.5, 0.6) is 0 Å². The lowest BCUT2D eigenvalue weighted by Crippen LogP contribution is -2.28. The summed E-state index contributed by atoms with van der Waals surface area (Å²) < 4.78 is 7.55. The highest BCUT2D eigenvalue weighted by Gasteiger charge is 2.42. The summed E-state index contributed by atoms with van der Waals surface area (Å²) in [6.07, 6.45) is 2.18. The van der Waals surface area contributed by atoms with E-state index in [-0.39, 0.29) is 23.7 Å². The van der Waals surface area contributed by atoms with E-state index in [0.717, 1.165) is 0 Å². The number of halogens is 1. The maximum absolute atomic E-state index is 10.2. The molecular weight excluding hydrogens is 346 g/mol. The van der Waals surface area contributed by atoms with Crippen LogP contribution in [0.15, 0.2) is 6.33 Å². The third-order valence-electron chi connectivity index (χ3n) is 5.20. The summed E-state index contributed by atoms with van der Waals surface area (Å²) in [6.45, 7) is 3.74. The van der Waals surface area contributed by atoms with Crippen LogP contribution in [-0.4, -0.2) is 54.6 Å². The molecule has 25 heavy (non-hydrogen) atoms. The monoisotopic (exact) mass is 367 g/mol. The minimum atomic E-state index is -0.753. The molecule has 1 saturated carbocycles. The van der Waals surface area contributed by atoms with Crippen molar-refractivity contribution in [3.05, 3.63) is 11.5 Å². The number of hydrogen-bond acceptors (Lipinski definition) is 7. The summed E-state index contributed by atoms with van der Waals surface area (Å²) in [5.41, 5.74) is 1.04. The highest BCUT2D eigenvalue weighted by atomic mass is 35.5. The zero-order valence-electron chi connectivity index (χ0n) is 14.1. The van der Waals surface area contributed by atoms with Crippen LogP contribution in [0.2, 0.25) is 5.15 Å². The Hall–Kier alpha value is -1.48. The van der Waals surface area contributed by atoms with E-state index >= 15 is 0 Å².